The molecule has 0 aromatic heterocycles. The largest absolute Gasteiger partial charge is 0.289 e. The SMILES string of the molecule is [O]c1ccccc1C=S. The molecule has 0 unspecified atom stereocenters. The lowest BCUT2D eigenvalue weighted by Crippen LogP contribution is -1.74. The third kappa shape index (κ3) is 1.27. The van der Waals surface area contributed by atoms with Crippen molar-refractivity contribution in [3.05, 3.63) is 29.8 Å². The van der Waals surface area contributed by atoms with Crippen LogP contribution >= 0.6 is 12.2 Å². The highest BCUT2D eigenvalue weighted by atomic mass is 32.1. The normalized spacial score (nSPS) is 8.89. The van der Waals surface area contributed by atoms with Crippen molar-refractivity contribution in [1.29, 1.82) is 0 Å². The van der Waals surface area contributed by atoms with E-state index < -0.39 is 0 Å². The molecule has 0 aliphatic carbocycles. The lowest BCUT2D eigenvalue weighted by molar-refractivity contribution is 0.354. The fraction of sp³-hybridized carbons (Fsp3) is 0. The molecule has 0 aliphatic heterocycles. The quantitative estimate of drug-likeness (QED) is 0.543. The number of rotatable bonds is 1. The van der Waals surface area contributed by atoms with E-state index in [0.717, 1.165) is 0 Å². The summed E-state index contributed by atoms with van der Waals surface area (Å²) < 4.78 is 0. The van der Waals surface area contributed by atoms with Crippen molar-refractivity contribution in [2.45, 2.75) is 0 Å². The van der Waals surface area contributed by atoms with Gasteiger partial charge in [-0.25, -0.2) is 0 Å². The summed E-state index contributed by atoms with van der Waals surface area (Å²) in [6, 6.07) is 6.69. The van der Waals surface area contributed by atoms with Gasteiger partial charge in [0, 0.05) is 10.9 Å². The highest BCUT2D eigenvalue weighted by Crippen LogP contribution is 2.13. The molecule has 0 atom stereocenters. The van der Waals surface area contributed by atoms with Crippen molar-refractivity contribution >= 4 is 17.6 Å². The molecule has 0 N–H and O–H groups in total. The van der Waals surface area contributed by atoms with Gasteiger partial charge in [0.15, 0.2) is 5.75 Å². The van der Waals surface area contributed by atoms with Crippen molar-refractivity contribution in [1.82, 2.24) is 0 Å². The van der Waals surface area contributed by atoms with Crippen molar-refractivity contribution in [2.75, 3.05) is 0 Å². The van der Waals surface area contributed by atoms with Gasteiger partial charge in [0.1, 0.15) is 0 Å². The van der Waals surface area contributed by atoms with Crippen LogP contribution in [-0.2, 0) is 5.11 Å². The summed E-state index contributed by atoms with van der Waals surface area (Å²) in [5.74, 6) is -0.00694. The maximum Gasteiger partial charge on any atom is 0.186 e. The van der Waals surface area contributed by atoms with Crippen LogP contribution in [0.15, 0.2) is 24.3 Å². The average Bonchev–Trinajstić information content (AvgIpc) is 1.89. The lowest BCUT2D eigenvalue weighted by Gasteiger charge is -1.89. The summed E-state index contributed by atoms with van der Waals surface area (Å²) in [7, 11) is 0. The maximum absolute atomic E-state index is 10.8. The van der Waals surface area contributed by atoms with Crippen LogP contribution in [0.25, 0.3) is 0 Å². The summed E-state index contributed by atoms with van der Waals surface area (Å²) in [5, 5.41) is 12.1. The minimum atomic E-state index is -0.00694. The van der Waals surface area contributed by atoms with Crippen LogP contribution in [0.2, 0.25) is 0 Å². The smallest absolute Gasteiger partial charge is 0.186 e. The Kier molecular flexibility index (Phi) is 1.80. The van der Waals surface area contributed by atoms with Crippen molar-refractivity contribution < 1.29 is 5.11 Å². The van der Waals surface area contributed by atoms with E-state index in [2.05, 4.69) is 12.2 Å². The summed E-state index contributed by atoms with van der Waals surface area (Å²) >= 11 is 4.58. The third-order valence-electron chi connectivity index (χ3n) is 1.05. The zero-order valence-corrected chi connectivity index (χ0v) is 5.52. The second kappa shape index (κ2) is 2.60. The first-order valence-corrected chi connectivity index (χ1v) is 3.03. The molecule has 0 heterocycles. The van der Waals surface area contributed by atoms with Gasteiger partial charge in [-0.15, -0.1) is 0 Å². The molecule has 0 fully saturated rings. The van der Waals surface area contributed by atoms with Crippen LogP contribution < -0.4 is 0 Å². The number of thiocarbonyl (C=S) groups is 1. The van der Waals surface area contributed by atoms with E-state index >= 15 is 0 Å². The number of hydrogen-bond acceptors (Lipinski definition) is 1. The molecule has 0 saturated carbocycles. The molecule has 2 heteroatoms. The Morgan fingerprint density at radius 3 is 2.44 bits per heavy atom. The van der Waals surface area contributed by atoms with Gasteiger partial charge in [-0.3, -0.25) is 5.11 Å². The molecular formula is C7H5OS. The van der Waals surface area contributed by atoms with Gasteiger partial charge in [-0.05, 0) is 6.07 Å². The van der Waals surface area contributed by atoms with Crippen LogP contribution in [0.1, 0.15) is 5.56 Å². The second-order valence-corrected chi connectivity index (χ2v) is 1.89. The molecule has 1 rings (SSSR count). The Bertz CT molecular complexity index is 220. The minimum absolute atomic E-state index is 0.00694. The summed E-state index contributed by atoms with van der Waals surface area (Å²) in [6.07, 6.45) is 0. The van der Waals surface area contributed by atoms with Crippen LogP contribution in [-0.4, -0.2) is 5.37 Å². The monoisotopic (exact) mass is 137 g/mol. The van der Waals surface area contributed by atoms with E-state index in [1.54, 1.807) is 18.2 Å². The fourth-order valence-electron chi connectivity index (χ4n) is 0.578. The van der Waals surface area contributed by atoms with E-state index in [-0.39, 0.29) is 5.75 Å². The summed E-state index contributed by atoms with van der Waals surface area (Å²) in [4.78, 5) is 0. The number of benzene rings is 1. The van der Waals surface area contributed by atoms with E-state index in [0.29, 0.717) is 5.56 Å². The third-order valence-corrected chi connectivity index (χ3v) is 1.30. The first-order valence-electron chi connectivity index (χ1n) is 2.56. The van der Waals surface area contributed by atoms with Crippen LogP contribution in [0.5, 0.6) is 5.75 Å². The standard InChI is InChI=1S/C7H5OS/c8-7-4-2-1-3-6(7)5-9/h1-5H. The minimum Gasteiger partial charge on any atom is -0.289 e. The first kappa shape index (κ1) is 6.23. The van der Waals surface area contributed by atoms with Crippen molar-refractivity contribution in [3.8, 4) is 5.75 Å². The van der Waals surface area contributed by atoms with Crippen LogP contribution in [0.4, 0.5) is 0 Å². The van der Waals surface area contributed by atoms with E-state index in [1.807, 2.05) is 0 Å². The molecule has 1 aromatic rings. The van der Waals surface area contributed by atoms with Gasteiger partial charge in [0.25, 0.3) is 0 Å². The van der Waals surface area contributed by atoms with Crippen LogP contribution in [0, 0.1) is 0 Å². The Balaban J connectivity index is 3.15. The Morgan fingerprint density at radius 1 is 1.33 bits per heavy atom. The predicted molar refractivity (Wildman–Crippen MR) is 39.3 cm³/mol. The van der Waals surface area contributed by atoms with Gasteiger partial charge >= 0.3 is 0 Å². The van der Waals surface area contributed by atoms with Gasteiger partial charge in [-0.2, -0.15) is 0 Å². The van der Waals surface area contributed by atoms with E-state index in [4.69, 9.17) is 0 Å². The predicted octanol–water partition coefficient (Wildman–Crippen LogP) is 2.18. The zero-order chi connectivity index (χ0) is 6.69. The average molecular weight is 137 g/mol. The molecular weight excluding hydrogens is 132 g/mol. The lowest BCUT2D eigenvalue weighted by atomic mass is 10.2. The van der Waals surface area contributed by atoms with E-state index in [9.17, 15) is 5.11 Å². The molecule has 1 nitrogen and oxygen atoms in total. The Hall–Kier alpha value is -0.890. The zero-order valence-electron chi connectivity index (χ0n) is 4.70. The maximum atomic E-state index is 10.8. The number of para-hydroxylation sites is 1. The Labute approximate surface area is 58.9 Å². The fourth-order valence-corrected chi connectivity index (χ4v) is 0.773. The molecule has 0 amide bonds. The Morgan fingerprint density at radius 2 is 2.00 bits per heavy atom. The molecule has 9 heavy (non-hydrogen) atoms. The van der Waals surface area contributed by atoms with Gasteiger partial charge < -0.3 is 0 Å². The second-order valence-electron chi connectivity index (χ2n) is 1.66. The molecule has 0 spiro atoms. The van der Waals surface area contributed by atoms with Crippen LogP contribution in [0.3, 0.4) is 0 Å². The molecule has 1 radical (unpaired) electrons. The molecule has 0 aliphatic rings. The highest BCUT2D eigenvalue weighted by molar-refractivity contribution is 7.79. The van der Waals surface area contributed by atoms with Crippen molar-refractivity contribution in [2.24, 2.45) is 0 Å². The topological polar surface area (TPSA) is 19.9 Å². The highest BCUT2D eigenvalue weighted by Gasteiger charge is 1.93. The van der Waals surface area contributed by atoms with Gasteiger partial charge in [0.05, 0.1) is 0 Å². The summed E-state index contributed by atoms with van der Waals surface area (Å²) in [5.41, 5.74) is 0.590. The first-order chi connectivity index (χ1) is 4.34. The molecule has 45 valence electrons. The van der Waals surface area contributed by atoms with E-state index in [1.165, 1.54) is 11.4 Å². The van der Waals surface area contributed by atoms with Gasteiger partial charge in [0.2, 0.25) is 0 Å². The molecule has 1 aromatic carbocycles. The van der Waals surface area contributed by atoms with Gasteiger partial charge in [-0.1, -0.05) is 30.4 Å². The van der Waals surface area contributed by atoms with Crippen molar-refractivity contribution in [3.63, 3.8) is 0 Å². The molecule has 0 saturated heterocycles. The summed E-state index contributed by atoms with van der Waals surface area (Å²) in [6.45, 7) is 0. The molecule has 0 bridgehead atoms. The number of hydrogen-bond donors (Lipinski definition) is 0.